The lowest BCUT2D eigenvalue weighted by atomic mass is 9.77. The first-order chi connectivity index (χ1) is 17.1. The van der Waals surface area contributed by atoms with E-state index < -0.39 is 40.7 Å². The van der Waals surface area contributed by atoms with Crippen LogP contribution in [0.2, 0.25) is 0 Å². The molecular formula is C25H25F6N3O3. The van der Waals surface area contributed by atoms with Gasteiger partial charge in [-0.25, -0.2) is 4.98 Å². The summed E-state index contributed by atoms with van der Waals surface area (Å²) in [4.78, 5) is 4.14. The molecule has 5 rings (SSSR count). The molecule has 2 heterocycles. The molecule has 37 heavy (non-hydrogen) atoms. The normalized spacial score (nSPS) is 28.5. The van der Waals surface area contributed by atoms with Gasteiger partial charge in [-0.15, -0.1) is 0 Å². The lowest BCUT2D eigenvalue weighted by molar-refractivity contribution is -0.138. The predicted molar refractivity (Wildman–Crippen MR) is 121 cm³/mol. The van der Waals surface area contributed by atoms with E-state index in [2.05, 4.69) is 10.3 Å². The number of imidazole rings is 1. The van der Waals surface area contributed by atoms with Crippen molar-refractivity contribution >= 4 is 11.0 Å². The van der Waals surface area contributed by atoms with Gasteiger partial charge in [0.05, 0.1) is 34.1 Å². The average molecular weight is 529 g/mol. The van der Waals surface area contributed by atoms with Crippen molar-refractivity contribution in [3.8, 4) is 5.75 Å². The third-order valence-electron chi connectivity index (χ3n) is 7.16. The summed E-state index contributed by atoms with van der Waals surface area (Å²) in [6.45, 7) is 1.61. The molecule has 1 saturated heterocycles. The van der Waals surface area contributed by atoms with Gasteiger partial charge in [-0.05, 0) is 43.5 Å². The zero-order valence-electron chi connectivity index (χ0n) is 19.7. The van der Waals surface area contributed by atoms with Crippen LogP contribution >= 0.6 is 0 Å². The molecule has 1 saturated carbocycles. The number of hydrogen-bond donors (Lipinski definition) is 3. The van der Waals surface area contributed by atoms with Crippen LogP contribution in [0, 0.1) is 0 Å². The Balaban J connectivity index is 1.31. The summed E-state index contributed by atoms with van der Waals surface area (Å²) in [7, 11) is 0. The van der Waals surface area contributed by atoms with Gasteiger partial charge in [0.25, 0.3) is 0 Å². The molecule has 0 radical (unpaired) electrons. The zero-order chi connectivity index (χ0) is 26.8. The van der Waals surface area contributed by atoms with E-state index in [9.17, 15) is 36.6 Å². The topological polar surface area (TPSA) is 79.5 Å². The molecule has 0 bridgehead atoms. The van der Waals surface area contributed by atoms with Gasteiger partial charge in [-0.3, -0.25) is 0 Å². The molecule has 2 unspecified atom stereocenters. The molecule has 2 aromatic carbocycles. The van der Waals surface area contributed by atoms with Gasteiger partial charge in [0, 0.05) is 31.1 Å². The van der Waals surface area contributed by atoms with E-state index in [1.54, 1.807) is 6.92 Å². The second-order valence-electron chi connectivity index (χ2n) is 10.2. The highest BCUT2D eigenvalue weighted by molar-refractivity contribution is 5.82. The molecular weight excluding hydrogens is 504 g/mol. The minimum absolute atomic E-state index is 0.0440. The van der Waals surface area contributed by atoms with Crippen molar-refractivity contribution in [1.29, 1.82) is 0 Å². The van der Waals surface area contributed by atoms with Crippen LogP contribution in [0.25, 0.3) is 11.0 Å². The van der Waals surface area contributed by atoms with Crippen LogP contribution in [0.3, 0.4) is 0 Å². The third-order valence-corrected chi connectivity index (χ3v) is 7.16. The Kier molecular flexibility index (Phi) is 6.00. The summed E-state index contributed by atoms with van der Waals surface area (Å²) < 4.78 is 87.5. The first kappa shape index (κ1) is 25.8. The van der Waals surface area contributed by atoms with E-state index in [0.717, 1.165) is 18.2 Å². The number of benzene rings is 2. The van der Waals surface area contributed by atoms with Crippen molar-refractivity contribution in [3.05, 3.63) is 59.4 Å². The highest BCUT2D eigenvalue weighted by Gasteiger charge is 2.43. The highest BCUT2D eigenvalue weighted by Crippen LogP contribution is 2.45. The number of alkyl halides is 6. The molecule has 0 spiro atoms. The maximum atomic E-state index is 14.0. The molecule has 200 valence electrons. The van der Waals surface area contributed by atoms with E-state index in [1.165, 1.54) is 29.1 Å². The number of aromatic nitrogens is 2. The number of halogens is 6. The van der Waals surface area contributed by atoms with Crippen LogP contribution in [0.5, 0.6) is 5.75 Å². The fourth-order valence-corrected chi connectivity index (χ4v) is 5.24. The maximum absolute atomic E-state index is 14.0. The van der Waals surface area contributed by atoms with Crippen molar-refractivity contribution in [2.75, 3.05) is 13.2 Å². The Morgan fingerprint density at radius 1 is 1.03 bits per heavy atom. The van der Waals surface area contributed by atoms with Gasteiger partial charge in [-0.2, -0.15) is 26.3 Å². The standard InChI is InChI=1S/C25H25F6N3O3/c1-22(35)9-17(10-22)34-13-33-20-7-18(6-19(21(20)34)25(29,30)31)37-11-16-8-23(36,12-32-16)14-2-4-15(5-3-14)24(26,27)28/h2-7,13,16-17,32,35-36H,8-12H2,1H3. The second kappa shape index (κ2) is 8.60. The fraction of sp³-hybridized carbons (Fsp3) is 0.480. The highest BCUT2D eigenvalue weighted by atomic mass is 19.4. The number of ether oxygens (including phenoxy) is 1. The fourth-order valence-electron chi connectivity index (χ4n) is 5.24. The summed E-state index contributed by atoms with van der Waals surface area (Å²) in [5.74, 6) is -0.0440. The monoisotopic (exact) mass is 529 g/mol. The number of nitrogens with zero attached hydrogens (tertiary/aromatic N) is 2. The quantitative estimate of drug-likeness (QED) is 0.415. The van der Waals surface area contributed by atoms with Crippen molar-refractivity contribution < 1.29 is 41.3 Å². The number of fused-ring (bicyclic) bond motifs is 1. The van der Waals surface area contributed by atoms with Crippen LogP contribution in [0.1, 0.15) is 48.9 Å². The Bertz CT molecular complexity index is 1290. The van der Waals surface area contributed by atoms with Gasteiger partial charge in [-0.1, -0.05) is 12.1 Å². The van der Waals surface area contributed by atoms with Crippen molar-refractivity contribution in [2.45, 2.75) is 61.8 Å². The maximum Gasteiger partial charge on any atom is 0.418 e. The first-order valence-corrected chi connectivity index (χ1v) is 11.7. The third kappa shape index (κ3) is 5.01. The Morgan fingerprint density at radius 3 is 2.30 bits per heavy atom. The Hall–Kier alpha value is -2.83. The molecule has 2 atom stereocenters. The van der Waals surface area contributed by atoms with Crippen LogP contribution in [-0.2, 0) is 18.0 Å². The molecule has 3 aromatic rings. The molecule has 0 amide bonds. The Labute approximate surface area is 207 Å². The van der Waals surface area contributed by atoms with E-state index >= 15 is 0 Å². The largest absolute Gasteiger partial charge is 0.492 e. The number of hydrogen-bond acceptors (Lipinski definition) is 5. The van der Waals surface area contributed by atoms with Gasteiger partial charge in [0.15, 0.2) is 0 Å². The van der Waals surface area contributed by atoms with Gasteiger partial charge >= 0.3 is 12.4 Å². The van der Waals surface area contributed by atoms with Crippen molar-refractivity contribution in [3.63, 3.8) is 0 Å². The number of β-amino-alcohol motifs (C(OH)–C–C–N with tert-alkyl or cyclic N) is 1. The van der Waals surface area contributed by atoms with Crippen LogP contribution in [0.15, 0.2) is 42.7 Å². The van der Waals surface area contributed by atoms with Crippen molar-refractivity contribution in [2.24, 2.45) is 0 Å². The van der Waals surface area contributed by atoms with Gasteiger partial charge in [0.1, 0.15) is 18.0 Å². The summed E-state index contributed by atoms with van der Waals surface area (Å²) in [6.07, 6.45) is -7.08. The number of nitrogens with one attached hydrogen (secondary N) is 1. The summed E-state index contributed by atoms with van der Waals surface area (Å²) in [5, 5.41) is 24.0. The molecule has 12 heteroatoms. The zero-order valence-corrected chi connectivity index (χ0v) is 19.7. The first-order valence-electron chi connectivity index (χ1n) is 11.7. The predicted octanol–water partition coefficient (Wildman–Crippen LogP) is 4.79. The number of aliphatic hydroxyl groups is 2. The molecule has 1 aromatic heterocycles. The minimum atomic E-state index is -4.67. The van der Waals surface area contributed by atoms with E-state index in [0.29, 0.717) is 18.4 Å². The van der Waals surface area contributed by atoms with Crippen LogP contribution in [0.4, 0.5) is 26.3 Å². The number of rotatable bonds is 5. The lowest BCUT2D eigenvalue weighted by Gasteiger charge is -2.41. The van der Waals surface area contributed by atoms with Crippen LogP contribution in [-0.4, -0.2) is 44.6 Å². The smallest absolute Gasteiger partial charge is 0.418 e. The van der Waals surface area contributed by atoms with Crippen molar-refractivity contribution in [1.82, 2.24) is 14.9 Å². The summed E-state index contributed by atoms with van der Waals surface area (Å²) >= 11 is 0. The summed E-state index contributed by atoms with van der Waals surface area (Å²) in [5.41, 5.74) is -3.75. The van der Waals surface area contributed by atoms with E-state index in [-0.39, 0.29) is 42.4 Å². The van der Waals surface area contributed by atoms with E-state index in [1.807, 2.05) is 0 Å². The second-order valence-corrected chi connectivity index (χ2v) is 10.2. The lowest BCUT2D eigenvalue weighted by Crippen LogP contribution is -2.41. The molecule has 2 aliphatic rings. The minimum Gasteiger partial charge on any atom is -0.492 e. The van der Waals surface area contributed by atoms with Gasteiger partial charge in [0.2, 0.25) is 0 Å². The Morgan fingerprint density at radius 2 is 1.70 bits per heavy atom. The SMILES string of the molecule is CC1(O)CC(n2cnc3cc(OCC4CC(O)(c5ccc(C(F)(F)F)cc5)CN4)cc(C(F)(F)F)c32)C1. The molecule has 2 fully saturated rings. The molecule has 3 N–H and O–H groups in total. The summed E-state index contributed by atoms with van der Waals surface area (Å²) in [6, 6.07) is 5.81. The molecule has 1 aliphatic carbocycles. The van der Waals surface area contributed by atoms with Crippen LogP contribution < -0.4 is 10.1 Å². The van der Waals surface area contributed by atoms with Gasteiger partial charge < -0.3 is 24.8 Å². The molecule has 1 aliphatic heterocycles. The van der Waals surface area contributed by atoms with E-state index in [4.69, 9.17) is 4.74 Å². The average Bonchev–Trinajstić information content (AvgIpc) is 3.38. The molecule has 6 nitrogen and oxygen atoms in total.